The Kier molecular flexibility index (Phi) is 7.25. The van der Waals surface area contributed by atoms with Gasteiger partial charge < -0.3 is 19.7 Å². The average molecular weight is 382 g/mol. The zero-order valence-corrected chi connectivity index (χ0v) is 16.2. The van der Waals surface area contributed by atoms with Gasteiger partial charge >= 0.3 is 7.60 Å². The number of hydrogen-bond acceptors (Lipinski definition) is 5. The third kappa shape index (κ3) is 5.44. The highest BCUT2D eigenvalue weighted by Crippen LogP contribution is 2.44. The highest BCUT2D eigenvalue weighted by molar-refractivity contribution is 7.98. The Morgan fingerprint density at radius 2 is 2.32 bits per heavy atom. The summed E-state index contributed by atoms with van der Waals surface area (Å²) in [6, 6.07) is 5.73. The van der Waals surface area contributed by atoms with Gasteiger partial charge in [0.2, 0.25) is 5.58 Å². The smallest absolute Gasteiger partial charge is 0.345 e. The SMILES string of the molecule is CCOP(=O)(O)C(=NCCSC)Nc1ccc(-c2cnc[nH]2)cc1C. The minimum absolute atomic E-state index is 0.0270. The van der Waals surface area contributed by atoms with Crippen molar-refractivity contribution in [3.8, 4) is 11.3 Å². The van der Waals surface area contributed by atoms with E-state index in [0.29, 0.717) is 12.2 Å². The van der Waals surface area contributed by atoms with E-state index in [9.17, 15) is 9.46 Å². The summed E-state index contributed by atoms with van der Waals surface area (Å²) >= 11 is 1.62. The second-order valence-electron chi connectivity index (χ2n) is 5.26. The van der Waals surface area contributed by atoms with Crippen LogP contribution in [0.4, 0.5) is 5.69 Å². The van der Waals surface area contributed by atoms with Crippen LogP contribution >= 0.6 is 19.4 Å². The molecule has 1 unspecified atom stereocenters. The number of aromatic nitrogens is 2. The predicted octanol–water partition coefficient (Wildman–Crippen LogP) is 3.74. The minimum Gasteiger partial charge on any atom is -0.345 e. The van der Waals surface area contributed by atoms with Gasteiger partial charge in [-0.3, -0.25) is 9.56 Å². The van der Waals surface area contributed by atoms with Crippen LogP contribution in [0.15, 0.2) is 35.7 Å². The van der Waals surface area contributed by atoms with Crippen LogP contribution in [0.25, 0.3) is 11.3 Å². The molecule has 0 aliphatic heterocycles. The second-order valence-corrected chi connectivity index (χ2v) is 7.96. The van der Waals surface area contributed by atoms with Gasteiger partial charge in [0.25, 0.3) is 0 Å². The van der Waals surface area contributed by atoms with Crippen molar-refractivity contribution in [2.24, 2.45) is 4.99 Å². The summed E-state index contributed by atoms with van der Waals surface area (Å²) in [6.45, 7) is 4.17. The first-order valence-corrected chi connectivity index (χ1v) is 10.8. The van der Waals surface area contributed by atoms with Crippen molar-refractivity contribution in [2.75, 3.05) is 30.5 Å². The fourth-order valence-electron chi connectivity index (χ4n) is 2.18. The normalized spacial score (nSPS) is 14.3. The summed E-state index contributed by atoms with van der Waals surface area (Å²) in [5, 5.41) is 2.98. The number of rotatable bonds is 8. The van der Waals surface area contributed by atoms with Gasteiger partial charge in [-0.05, 0) is 43.4 Å². The molecule has 1 aromatic heterocycles. The van der Waals surface area contributed by atoms with Crippen molar-refractivity contribution in [1.82, 2.24) is 9.97 Å². The molecule has 2 rings (SSSR count). The van der Waals surface area contributed by atoms with Crippen LogP contribution in [0, 0.1) is 6.92 Å². The average Bonchev–Trinajstić information content (AvgIpc) is 3.10. The summed E-state index contributed by atoms with van der Waals surface area (Å²) in [5.41, 5.74) is 3.49. The quantitative estimate of drug-likeness (QED) is 0.278. The van der Waals surface area contributed by atoms with Crippen molar-refractivity contribution in [1.29, 1.82) is 0 Å². The Bertz CT molecular complexity index is 765. The summed E-state index contributed by atoms with van der Waals surface area (Å²) < 4.78 is 17.4. The number of amidine groups is 1. The van der Waals surface area contributed by atoms with Gasteiger partial charge in [-0.15, -0.1) is 0 Å². The molecular weight excluding hydrogens is 359 g/mol. The predicted molar refractivity (Wildman–Crippen MR) is 105 cm³/mol. The number of thioether (sulfide) groups is 1. The van der Waals surface area contributed by atoms with Crippen molar-refractivity contribution < 1.29 is 14.0 Å². The maximum absolute atomic E-state index is 12.4. The molecule has 0 saturated heterocycles. The number of aromatic amines is 1. The molecule has 0 spiro atoms. The minimum atomic E-state index is -3.97. The monoisotopic (exact) mass is 382 g/mol. The molecule has 7 nitrogen and oxygen atoms in total. The number of imidazole rings is 1. The summed E-state index contributed by atoms with van der Waals surface area (Å²) in [7, 11) is -3.97. The molecular formula is C16H23N4O3PS. The van der Waals surface area contributed by atoms with Crippen LogP contribution in [0.3, 0.4) is 0 Å². The number of nitrogens with one attached hydrogen (secondary N) is 2. The fourth-order valence-corrected chi connectivity index (χ4v) is 3.47. The number of aryl methyl sites for hydroxylation is 1. The first-order chi connectivity index (χ1) is 12.0. The standard InChI is InChI=1S/C16H23N4O3PS/c1-4-23-24(21,22)16(18-7-8-25-3)20-14-6-5-13(9-12(14)2)15-10-17-11-19-15/h5-6,9-11H,4,7-8H2,1-3H3,(H,17,19)(H,18,20)(H,21,22). The zero-order chi connectivity index (χ0) is 18.3. The second kappa shape index (κ2) is 9.20. The Labute approximate surface area is 151 Å². The van der Waals surface area contributed by atoms with Crippen molar-refractivity contribution in [3.05, 3.63) is 36.3 Å². The maximum atomic E-state index is 12.4. The largest absolute Gasteiger partial charge is 0.393 e. The summed E-state index contributed by atoms with van der Waals surface area (Å²) in [4.78, 5) is 21.5. The molecule has 9 heteroatoms. The van der Waals surface area contributed by atoms with E-state index in [4.69, 9.17) is 4.52 Å². The van der Waals surface area contributed by atoms with Crippen LogP contribution in [0.2, 0.25) is 0 Å². The van der Waals surface area contributed by atoms with E-state index >= 15 is 0 Å². The van der Waals surface area contributed by atoms with Crippen molar-refractivity contribution in [2.45, 2.75) is 13.8 Å². The summed E-state index contributed by atoms with van der Waals surface area (Å²) in [5.74, 6) is 0.759. The van der Waals surface area contributed by atoms with E-state index in [0.717, 1.165) is 22.6 Å². The van der Waals surface area contributed by atoms with Crippen LogP contribution in [-0.4, -0.2) is 45.6 Å². The molecule has 1 aromatic carbocycles. The van der Waals surface area contributed by atoms with Crippen molar-refractivity contribution in [3.63, 3.8) is 0 Å². The first kappa shape index (κ1) is 19.7. The molecule has 136 valence electrons. The van der Waals surface area contributed by atoms with Gasteiger partial charge in [0, 0.05) is 11.4 Å². The molecule has 0 aliphatic carbocycles. The Balaban J connectivity index is 2.26. The van der Waals surface area contributed by atoms with Crippen molar-refractivity contribution >= 4 is 30.6 Å². The molecule has 3 N–H and O–H groups in total. The maximum Gasteiger partial charge on any atom is 0.393 e. The van der Waals surface area contributed by atoms with Gasteiger partial charge in [-0.25, -0.2) is 4.98 Å². The van der Waals surface area contributed by atoms with E-state index in [1.807, 2.05) is 31.4 Å². The lowest BCUT2D eigenvalue weighted by atomic mass is 10.1. The summed E-state index contributed by atoms with van der Waals surface area (Å²) in [6.07, 6.45) is 5.33. The lowest BCUT2D eigenvalue weighted by Crippen LogP contribution is -2.16. The number of anilines is 1. The van der Waals surface area contributed by atoms with E-state index in [-0.39, 0.29) is 12.2 Å². The lowest BCUT2D eigenvalue weighted by Gasteiger charge is -2.17. The third-order valence-corrected chi connectivity index (χ3v) is 5.40. The Morgan fingerprint density at radius 3 is 2.92 bits per heavy atom. The number of hydrogen-bond donors (Lipinski definition) is 3. The fraction of sp³-hybridized carbons (Fsp3) is 0.375. The molecule has 0 saturated carbocycles. The Hall–Kier alpha value is -1.60. The van der Waals surface area contributed by atoms with Gasteiger partial charge in [-0.2, -0.15) is 11.8 Å². The molecule has 2 aromatic rings. The highest BCUT2D eigenvalue weighted by atomic mass is 32.2. The van der Waals surface area contributed by atoms with Crippen LogP contribution in [-0.2, 0) is 9.09 Å². The number of benzene rings is 1. The lowest BCUT2D eigenvalue weighted by molar-refractivity contribution is 0.286. The van der Waals surface area contributed by atoms with Crippen LogP contribution in [0.1, 0.15) is 12.5 Å². The highest BCUT2D eigenvalue weighted by Gasteiger charge is 2.28. The first-order valence-electron chi connectivity index (χ1n) is 7.85. The molecule has 0 bridgehead atoms. The van der Waals surface area contributed by atoms with Gasteiger partial charge in [0.1, 0.15) is 0 Å². The van der Waals surface area contributed by atoms with E-state index in [1.54, 1.807) is 31.2 Å². The molecule has 25 heavy (non-hydrogen) atoms. The van der Waals surface area contributed by atoms with E-state index < -0.39 is 7.60 Å². The van der Waals surface area contributed by atoms with Crippen LogP contribution in [0.5, 0.6) is 0 Å². The molecule has 1 atom stereocenters. The number of H-pyrrole nitrogens is 1. The van der Waals surface area contributed by atoms with Gasteiger partial charge in [-0.1, -0.05) is 6.07 Å². The topological polar surface area (TPSA) is 99.6 Å². The molecule has 0 fully saturated rings. The van der Waals surface area contributed by atoms with Crippen LogP contribution < -0.4 is 5.32 Å². The zero-order valence-electron chi connectivity index (χ0n) is 14.5. The molecule has 0 radical (unpaired) electrons. The van der Waals surface area contributed by atoms with Gasteiger partial charge in [0.15, 0.2) is 0 Å². The van der Waals surface area contributed by atoms with Gasteiger partial charge in [0.05, 0.1) is 31.4 Å². The number of aliphatic imine (C=N–C) groups is 1. The van der Waals surface area contributed by atoms with E-state index in [1.165, 1.54) is 0 Å². The molecule has 0 aliphatic rings. The molecule has 0 amide bonds. The van der Waals surface area contributed by atoms with E-state index in [2.05, 4.69) is 20.3 Å². The third-order valence-electron chi connectivity index (χ3n) is 3.41. The molecule has 1 heterocycles. The Morgan fingerprint density at radius 1 is 1.52 bits per heavy atom. The number of nitrogens with zero attached hydrogens (tertiary/aromatic N) is 2.